The fraction of sp³-hybridized carbons (Fsp3) is 0.833. The average molecular weight is 145 g/mol. The number of esters is 1. The van der Waals surface area contributed by atoms with Gasteiger partial charge in [-0.05, 0) is 6.92 Å². The molecule has 0 aromatic rings. The monoisotopic (exact) mass is 145 g/mol. The Labute approximate surface area is 59.0 Å². The van der Waals surface area contributed by atoms with Crippen molar-refractivity contribution in [3.8, 4) is 0 Å². The molecule has 0 radical (unpaired) electrons. The zero-order chi connectivity index (χ0) is 7.78. The van der Waals surface area contributed by atoms with Crippen LogP contribution in [-0.4, -0.2) is 29.3 Å². The summed E-state index contributed by atoms with van der Waals surface area (Å²) >= 11 is 0. The highest BCUT2D eigenvalue weighted by Gasteiger charge is 2.40. The minimum Gasteiger partial charge on any atom is -0.456 e. The van der Waals surface area contributed by atoms with E-state index in [1.54, 1.807) is 6.92 Å². The Bertz CT molecular complexity index is 159. The maximum absolute atomic E-state index is 10.7. The molecule has 1 saturated heterocycles. The van der Waals surface area contributed by atoms with E-state index in [2.05, 4.69) is 0 Å². The van der Waals surface area contributed by atoms with Crippen molar-refractivity contribution in [1.29, 1.82) is 0 Å². The Hall–Kier alpha value is -0.610. The van der Waals surface area contributed by atoms with E-state index < -0.39 is 17.6 Å². The summed E-state index contributed by atoms with van der Waals surface area (Å²) in [5, 5.41) is 8.73. The molecule has 10 heavy (non-hydrogen) atoms. The molecule has 4 nitrogen and oxygen atoms in total. The van der Waals surface area contributed by atoms with Crippen molar-refractivity contribution in [3.05, 3.63) is 0 Å². The number of aliphatic hydroxyl groups is 1. The second kappa shape index (κ2) is 2.21. The highest BCUT2D eigenvalue weighted by Crippen LogP contribution is 2.24. The number of nitrogens with two attached hydrogens (primary N) is 1. The van der Waals surface area contributed by atoms with Gasteiger partial charge in [0, 0.05) is 6.42 Å². The summed E-state index contributed by atoms with van der Waals surface area (Å²) in [6.07, 6.45) is 0.405. The third-order valence-corrected chi connectivity index (χ3v) is 1.64. The molecular formula is C6H11NO3. The fourth-order valence-electron chi connectivity index (χ4n) is 1.01. The summed E-state index contributed by atoms with van der Waals surface area (Å²) in [6.45, 7) is 1.50. The van der Waals surface area contributed by atoms with Gasteiger partial charge in [0.05, 0.1) is 6.61 Å². The summed E-state index contributed by atoms with van der Waals surface area (Å²) in [5.74, 6) is -0.420. The third kappa shape index (κ3) is 1.12. The summed E-state index contributed by atoms with van der Waals surface area (Å²) in [7, 11) is 0. The highest BCUT2D eigenvalue weighted by atomic mass is 16.6. The smallest absolute Gasteiger partial charge is 0.323 e. The molecule has 0 bridgehead atoms. The molecule has 0 unspecified atom stereocenters. The third-order valence-electron chi connectivity index (χ3n) is 1.64. The van der Waals surface area contributed by atoms with E-state index >= 15 is 0 Å². The van der Waals surface area contributed by atoms with Crippen LogP contribution in [0.2, 0.25) is 0 Å². The van der Waals surface area contributed by atoms with Gasteiger partial charge in [0.25, 0.3) is 0 Å². The first-order chi connectivity index (χ1) is 4.57. The van der Waals surface area contributed by atoms with Gasteiger partial charge in [0.1, 0.15) is 11.6 Å². The van der Waals surface area contributed by atoms with E-state index in [1.165, 1.54) is 0 Å². The Morgan fingerprint density at radius 3 is 2.80 bits per heavy atom. The molecule has 0 aromatic carbocycles. The predicted octanol–water partition coefficient (Wildman–Crippen LogP) is -0.988. The molecule has 0 aromatic heterocycles. The highest BCUT2D eigenvalue weighted by molar-refractivity contribution is 5.78. The number of hydrogen-bond donors (Lipinski definition) is 2. The first-order valence-electron chi connectivity index (χ1n) is 3.17. The normalized spacial score (nSPS) is 39.9. The van der Waals surface area contributed by atoms with Gasteiger partial charge >= 0.3 is 5.97 Å². The van der Waals surface area contributed by atoms with Gasteiger partial charge in [0.15, 0.2) is 0 Å². The van der Waals surface area contributed by atoms with Crippen LogP contribution in [0.3, 0.4) is 0 Å². The molecule has 3 N–H and O–H groups in total. The molecule has 2 atom stereocenters. The quantitative estimate of drug-likeness (QED) is 0.465. The number of rotatable bonds is 1. The molecule has 1 aliphatic heterocycles. The van der Waals surface area contributed by atoms with Crippen molar-refractivity contribution in [2.24, 2.45) is 5.73 Å². The lowest BCUT2D eigenvalue weighted by atomic mass is 10.0. The minimum absolute atomic E-state index is 0.160. The Kier molecular flexibility index (Phi) is 1.66. The van der Waals surface area contributed by atoms with Crippen LogP contribution in [0.4, 0.5) is 0 Å². The summed E-state index contributed by atoms with van der Waals surface area (Å²) in [4.78, 5) is 10.7. The lowest BCUT2D eigenvalue weighted by molar-refractivity contribution is -0.150. The molecule has 1 heterocycles. The van der Waals surface area contributed by atoms with Crippen LogP contribution >= 0.6 is 0 Å². The Morgan fingerprint density at radius 2 is 2.60 bits per heavy atom. The van der Waals surface area contributed by atoms with Crippen LogP contribution in [0.5, 0.6) is 0 Å². The number of aliphatic hydroxyl groups excluding tert-OH is 1. The number of carbonyl (C=O) groups is 1. The molecule has 0 saturated carbocycles. The Balaban J connectivity index is 2.64. The van der Waals surface area contributed by atoms with Gasteiger partial charge in [-0.15, -0.1) is 0 Å². The van der Waals surface area contributed by atoms with Gasteiger partial charge in [-0.3, -0.25) is 4.79 Å². The summed E-state index contributed by atoms with van der Waals surface area (Å²) < 4.78 is 4.80. The Morgan fingerprint density at radius 1 is 2.00 bits per heavy atom. The zero-order valence-electron chi connectivity index (χ0n) is 5.83. The first kappa shape index (κ1) is 7.50. The van der Waals surface area contributed by atoms with E-state index in [4.69, 9.17) is 15.6 Å². The van der Waals surface area contributed by atoms with Crippen LogP contribution in [-0.2, 0) is 9.53 Å². The maximum atomic E-state index is 10.7. The van der Waals surface area contributed by atoms with E-state index in [0.29, 0.717) is 6.42 Å². The van der Waals surface area contributed by atoms with Crippen LogP contribution in [0.25, 0.3) is 0 Å². The zero-order valence-corrected chi connectivity index (χ0v) is 5.83. The van der Waals surface area contributed by atoms with Crippen molar-refractivity contribution >= 4 is 5.97 Å². The maximum Gasteiger partial charge on any atom is 0.323 e. The van der Waals surface area contributed by atoms with Crippen molar-refractivity contribution in [3.63, 3.8) is 0 Å². The van der Waals surface area contributed by atoms with Crippen molar-refractivity contribution < 1.29 is 14.6 Å². The number of ether oxygens (including phenoxy) is 1. The molecule has 0 aliphatic carbocycles. The number of hydrogen-bond acceptors (Lipinski definition) is 4. The molecule has 0 spiro atoms. The van der Waals surface area contributed by atoms with Gasteiger partial charge in [-0.25, -0.2) is 0 Å². The van der Waals surface area contributed by atoms with Gasteiger partial charge < -0.3 is 15.6 Å². The van der Waals surface area contributed by atoms with E-state index in [0.717, 1.165) is 0 Å². The van der Waals surface area contributed by atoms with Gasteiger partial charge in [-0.1, -0.05) is 0 Å². The van der Waals surface area contributed by atoms with E-state index in [9.17, 15) is 4.79 Å². The topological polar surface area (TPSA) is 72.5 Å². The molecule has 4 heteroatoms. The summed E-state index contributed by atoms with van der Waals surface area (Å²) in [5.41, 5.74) is 4.60. The number of carbonyl (C=O) groups excluding carboxylic acids is 1. The standard InChI is InChI=1S/C6H11NO3/c1-6(3-8)2-4(7)5(9)10-6/h4,8H,2-3,7H2,1H3/t4-,6+/m1/s1. The van der Waals surface area contributed by atoms with Crippen LogP contribution in [0.15, 0.2) is 0 Å². The molecule has 1 rings (SSSR count). The van der Waals surface area contributed by atoms with Crippen molar-refractivity contribution in [1.82, 2.24) is 0 Å². The minimum atomic E-state index is -0.740. The molecule has 58 valence electrons. The number of cyclic esters (lactones) is 1. The van der Waals surface area contributed by atoms with E-state index in [-0.39, 0.29) is 6.61 Å². The van der Waals surface area contributed by atoms with Crippen molar-refractivity contribution in [2.45, 2.75) is 25.0 Å². The van der Waals surface area contributed by atoms with E-state index in [1.807, 2.05) is 0 Å². The first-order valence-corrected chi connectivity index (χ1v) is 3.17. The lowest BCUT2D eigenvalue weighted by Crippen LogP contribution is -2.29. The largest absolute Gasteiger partial charge is 0.456 e. The van der Waals surface area contributed by atoms with Gasteiger partial charge in [0.2, 0.25) is 0 Å². The fourth-order valence-corrected chi connectivity index (χ4v) is 1.01. The van der Waals surface area contributed by atoms with Crippen LogP contribution in [0, 0.1) is 0 Å². The van der Waals surface area contributed by atoms with Crippen molar-refractivity contribution in [2.75, 3.05) is 6.61 Å². The average Bonchev–Trinajstić information content (AvgIpc) is 2.10. The second-order valence-electron chi connectivity index (χ2n) is 2.84. The molecule has 0 amide bonds. The van der Waals surface area contributed by atoms with Crippen LogP contribution < -0.4 is 5.73 Å². The molecule has 1 fully saturated rings. The second-order valence-corrected chi connectivity index (χ2v) is 2.84. The summed E-state index contributed by atoms with van der Waals surface area (Å²) in [6, 6.07) is -0.558. The SMILES string of the molecule is C[C@@]1(CO)C[C@@H](N)C(=O)O1. The molecule has 1 aliphatic rings. The van der Waals surface area contributed by atoms with Gasteiger partial charge in [-0.2, -0.15) is 0 Å². The predicted molar refractivity (Wildman–Crippen MR) is 34.2 cm³/mol. The lowest BCUT2D eigenvalue weighted by Gasteiger charge is -2.17. The molecular weight excluding hydrogens is 134 g/mol. The van der Waals surface area contributed by atoms with Crippen LogP contribution in [0.1, 0.15) is 13.3 Å².